The summed E-state index contributed by atoms with van der Waals surface area (Å²) in [6.45, 7) is 4.29. The summed E-state index contributed by atoms with van der Waals surface area (Å²) in [5, 5.41) is 2.47. The molecule has 1 N–H and O–H groups in total. The molecule has 0 atom stereocenters. The third-order valence-electron chi connectivity index (χ3n) is 5.37. The number of carbonyl (C=O) groups is 3. The fraction of sp³-hybridized carbons (Fsp3) is 0.115. The van der Waals surface area contributed by atoms with E-state index in [0.717, 1.165) is 17.3 Å². The van der Waals surface area contributed by atoms with Crippen molar-refractivity contribution in [1.82, 2.24) is 0 Å². The number of rotatable bonds is 6. The van der Waals surface area contributed by atoms with Gasteiger partial charge in [-0.2, -0.15) is 0 Å². The summed E-state index contributed by atoms with van der Waals surface area (Å²) in [6.07, 6.45) is 0. The molecule has 0 bridgehead atoms. The fourth-order valence-corrected chi connectivity index (χ4v) is 3.95. The van der Waals surface area contributed by atoms with Gasteiger partial charge in [-0.25, -0.2) is 9.29 Å². The van der Waals surface area contributed by atoms with Gasteiger partial charge in [-0.15, -0.1) is 0 Å². The molecule has 3 aromatic rings. The van der Waals surface area contributed by atoms with Crippen molar-refractivity contribution in [1.29, 1.82) is 0 Å². The SMILES string of the molecule is CCN(C(=O)c1cccc(NC2=C(Cl)C(=O)N(c3ccccc3F)C2=O)c1)c1cccc(C)c1. The molecule has 34 heavy (non-hydrogen) atoms. The molecule has 0 radical (unpaired) electrons. The Hall–Kier alpha value is -3.97. The van der Waals surface area contributed by atoms with Gasteiger partial charge in [0.15, 0.2) is 0 Å². The summed E-state index contributed by atoms with van der Waals surface area (Å²) in [6, 6.07) is 19.6. The van der Waals surface area contributed by atoms with Crippen LogP contribution in [0.3, 0.4) is 0 Å². The first kappa shape index (κ1) is 23.2. The van der Waals surface area contributed by atoms with Gasteiger partial charge in [-0.05, 0) is 61.9 Å². The lowest BCUT2D eigenvalue weighted by Crippen LogP contribution is -2.33. The topological polar surface area (TPSA) is 69.7 Å². The highest BCUT2D eigenvalue weighted by atomic mass is 35.5. The minimum Gasteiger partial charge on any atom is -0.350 e. The van der Waals surface area contributed by atoms with E-state index in [1.165, 1.54) is 18.2 Å². The van der Waals surface area contributed by atoms with Crippen molar-refractivity contribution in [3.8, 4) is 0 Å². The number of nitrogens with zero attached hydrogens (tertiary/aromatic N) is 2. The lowest BCUT2D eigenvalue weighted by Gasteiger charge is -2.22. The number of benzene rings is 3. The largest absolute Gasteiger partial charge is 0.350 e. The van der Waals surface area contributed by atoms with Gasteiger partial charge in [0.05, 0.1) is 5.69 Å². The molecule has 0 fully saturated rings. The Bertz CT molecular complexity index is 1340. The van der Waals surface area contributed by atoms with E-state index >= 15 is 0 Å². The number of para-hydroxylation sites is 1. The predicted octanol–water partition coefficient (Wildman–Crippen LogP) is 5.24. The molecule has 6 nitrogen and oxygen atoms in total. The van der Waals surface area contributed by atoms with Crippen molar-refractivity contribution in [2.24, 2.45) is 0 Å². The average molecular weight is 478 g/mol. The minimum atomic E-state index is -0.830. The highest BCUT2D eigenvalue weighted by Crippen LogP contribution is 2.31. The quantitative estimate of drug-likeness (QED) is 0.493. The average Bonchev–Trinajstić information content (AvgIpc) is 3.03. The molecule has 1 heterocycles. The van der Waals surface area contributed by atoms with E-state index in [9.17, 15) is 18.8 Å². The van der Waals surface area contributed by atoms with Gasteiger partial charge in [-0.3, -0.25) is 14.4 Å². The molecule has 1 aliphatic heterocycles. The molecule has 8 heteroatoms. The van der Waals surface area contributed by atoms with E-state index in [1.807, 2.05) is 38.1 Å². The maximum absolute atomic E-state index is 14.2. The molecule has 3 amide bonds. The summed E-state index contributed by atoms with van der Waals surface area (Å²) < 4.78 is 14.2. The Kier molecular flexibility index (Phi) is 6.47. The van der Waals surface area contributed by atoms with E-state index in [-0.39, 0.29) is 22.3 Å². The van der Waals surface area contributed by atoms with Crippen LogP contribution < -0.4 is 15.1 Å². The summed E-state index contributed by atoms with van der Waals surface area (Å²) in [5.41, 5.74) is 2.19. The highest BCUT2D eigenvalue weighted by Gasteiger charge is 2.40. The molecular weight excluding hydrogens is 457 g/mol. The van der Waals surface area contributed by atoms with Crippen LogP contribution in [0.25, 0.3) is 0 Å². The van der Waals surface area contributed by atoms with Crippen LogP contribution >= 0.6 is 11.6 Å². The second-order valence-electron chi connectivity index (χ2n) is 7.68. The summed E-state index contributed by atoms with van der Waals surface area (Å²) >= 11 is 6.15. The number of anilines is 3. The third-order valence-corrected chi connectivity index (χ3v) is 5.72. The fourth-order valence-electron chi connectivity index (χ4n) is 3.73. The molecule has 0 unspecified atom stereocenters. The molecule has 0 aromatic heterocycles. The molecule has 172 valence electrons. The normalized spacial score (nSPS) is 13.5. The number of halogens is 2. The zero-order chi connectivity index (χ0) is 24.4. The Balaban J connectivity index is 1.60. The minimum absolute atomic E-state index is 0.187. The molecule has 1 aliphatic rings. The van der Waals surface area contributed by atoms with Gasteiger partial charge in [0.25, 0.3) is 17.7 Å². The molecule has 0 aliphatic carbocycles. The van der Waals surface area contributed by atoms with Gasteiger partial charge >= 0.3 is 0 Å². The van der Waals surface area contributed by atoms with Gasteiger partial charge in [-0.1, -0.05) is 41.9 Å². The van der Waals surface area contributed by atoms with Crippen LogP contribution in [0.5, 0.6) is 0 Å². The number of carbonyl (C=O) groups excluding carboxylic acids is 3. The second kappa shape index (κ2) is 9.49. The molecular formula is C26H21ClFN3O3. The van der Waals surface area contributed by atoms with Crippen molar-refractivity contribution in [3.63, 3.8) is 0 Å². The number of hydrogen-bond acceptors (Lipinski definition) is 4. The van der Waals surface area contributed by atoms with Crippen LogP contribution in [0, 0.1) is 12.7 Å². The number of imide groups is 1. The Morgan fingerprint density at radius 1 is 1.00 bits per heavy atom. The zero-order valence-electron chi connectivity index (χ0n) is 18.5. The first-order chi connectivity index (χ1) is 16.3. The van der Waals surface area contributed by atoms with Crippen LogP contribution in [-0.2, 0) is 9.59 Å². The Labute approximate surface area is 201 Å². The number of aryl methyl sites for hydroxylation is 1. The molecule has 0 saturated carbocycles. The van der Waals surface area contributed by atoms with Crippen molar-refractivity contribution < 1.29 is 18.8 Å². The molecule has 0 saturated heterocycles. The summed E-state index contributed by atoms with van der Waals surface area (Å²) in [4.78, 5) is 41.1. The first-order valence-corrected chi connectivity index (χ1v) is 11.0. The third kappa shape index (κ3) is 4.30. The Morgan fingerprint density at radius 3 is 2.44 bits per heavy atom. The van der Waals surface area contributed by atoms with Gasteiger partial charge in [0.2, 0.25) is 0 Å². The van der Waals surface area contributed by atoms with Crippen LogP contribution in [-0.4, -0.2) is 24.3 Å². The van der Waals surface area contributed by atoms with Crippen LogP contribution in [0.2, 0.25) is 0 Å². The van der Waals surface area contributed by atoms with Crippen LogP contribution in [0.15, 0.2) is 83.5 Å². The molecule has 3 aromatic carbocycles. The Morgan fingerprint density at radius 2 is 1.74 bits per heavy atom. The van der Waals surface area contributed by atoms with Gasteiger partial charge in [0.1, 0.15) is 16.5 Å². The van der Waals surface area contributed by atoms with Crippen molar-refractivity contribution in [2.75, 3.05) is 21.7 Å². The van der Waals surface area contributed by atoms with E-state index in [4.69, 9.17) is 11.6 Å². The van der Waals surface area contributed by atoms with Crippen molar-refractivity contribution in [3.05, 3.63) is 100 Å². The molecule has 0 spiro atoms. The smallest absolute Gasteiger partial charge is 0.283 e. The number of nitrogens with one attached hydrogen (secondary N) is 1. The lowest BCUT2D eigenvalue weighted by atomic mass is 10.1. The highest BCUT2D eigenvalue weighted by molar-refractivity contribution is 6.53. The standard InChI is InChI=1S/C26H21ClFN3O3/c1-3-30(19-11-6-8-16(2)14-19)24(32)17-9-7-10-18(15-17)29-23-22(27)25(33)31(26(23)34)21-13-5-4-12-20(21)28/h4-15,29H,3H2,1-2H3. The lowest BCUT2D eigenvalue weighted by molar-refractivity contribution is -0.120. The van der Waals surface area contributed by atoms with E-state index in [2.05, 4.69) is 5.32 Å². The summed E-state index contributed by atoms with van der Waals surface area (Å²) in [7, 11) is 0. The summed E-state index contributed by atoms with van der Waals surface area (Å²) in [5.74, 6) is -2.56. The van der Waals surface area contributed by atoms with Crippen LogP contribution in [0.1, 0.15) is 22.8 Å². The van der Waals surface area contributed by atoms with E-state index in [1.54, 1.807) is 29.2 Å². The number of hydrogen-bond donors (Lipinski definition) is 1. The maximum Gasteiger partial charge on any atom is 0.283 e. The van der Waals surface area contributed by atoms with Crippen molar-refractivity contribution in [2.45, 2.75) is 13.8 Å². The monoisotopic (exact) mass is 477 g/mol. The predicted molar refractivity (Wildman–Crippen MR) is 130 cm³/mol. The van der Waals surface area contributed by atoms with E-state index in [0.29, 0.717) is 22.7 Å². The van der Waals surface area contributed by atoms with Gasteiger partial charge in [0, 0.05) is 23.5 Å². The second-order valence-corrected chi connectivity index (χ2v) is 8.06. The molecule has 4 rings (SSSR count). The van der Waals surface area contributed by atoms with Crippen LogP contribution in [0.4, 0.5) is 21.5 Å². The maximum atomic E-state index is 14.2. The van der Waals surface area contributed by atoms with Crippen molar-refractivity contribution >= 4 is 46.4 Å². The number of amides is 3. The first-order valence-electron chi connectivity index (χ1n) is 10.6. The van der Waals surface area contributed by atoms with E-state index < -0.39 is 17.6 Å². The zero-order valence-corrected chi connectivity index (χ0v) is 19.3. The van der Waals surface area contributed by atoms with Gasteiger partial charge < -0.3 is 10.2 Å².